The van der Waals surface area contributed by atoms with Crippen LogP contribution in [-0.2, 0) is 12.8 Å². The largest absolute Gasteiger partial charge is 0.313 e. The summed E-state index contributed by atoms with van der Waals surface area (Å²) in [4.78, 5) is 14.7. The second-order valence-electron chi connectivity index (χ2n) is 4.43. The molecule has 0 aliphatic rings. The van der Waals surface area contributed by atoms with Crippen molar-refractivity contribution in [1.29, 1.82) is 0 Å². The first-order chi connectivity index (χ1) is 9.74. The first kappa shape index (κ1) is 12.3. The Balaban J connectivity index is 1.86. The molecule has 2 aromatic heterocycles. The molecule has 0 spiro atoms. The molecule has 6 nitrogen and oxygen atoms in total. The van der Waals surface area contributed by atoms with Crippen molar-refractivity contribution >= 4 is 11.3 Å². The van der Waals surface area contributed by atoms with E-state index < -0.39 is 4.92 Å². The lowest BCUT2D eigenvalue weighted by Crippen LogP contribution is -1.94. The maximum absolute atomic E-state index is 10.9. The molecule has 0 saturated carbocycles. The fourth-order valence-electron chi connectivity index (χ4n) is 2.09. The predicted octanol–water partition coefficient (Wildman–Crippen LogP) is 2.42. The van der Waals surface area contributed by atoms with Crippen LogP contribution in [0, 0.1) is 10.1 Å². The van der Waals surface area contributed by atoms with Crippen LogP contribution in [0.2, 0.25) is 0 Å². The third kappa shape index (κ3) is 2.35. The van der Waals surface area contributed by atoms with Gasteiger partial charge in [-0.15, -0.1) is 0 Å². The number of nitro groups is 1. The Morgan fingerprint density at radius 3 is 2.65 bits per heavy atom. The van der Waals surface area contributed by atoms with Crippen LogP contribution in [-0.4, -0.2) is 19.5 Å². The van der Waals surface area contributed by atoms with E-state index in [4.69, 9.17) is 0 Å². The summed E-state index contributed by atoms with van der Waals surface area (Å²) in [6.45, 7) is 0. The van der Waals surface area contributed by atoms with Gasteiger partial charge in [-0.25, -0.2) is 9.50 Å². The molecule has 0 aliphatic heterocycles. The molecule has 0 radical (unpaired) electrons. The van der Waals surface area contributed by atoms with E-state index in [0.29, 0.717) is 17.9 Å². The average Bonchev–Trinajstić information content (AvgIpc) is 2.88. The van der Waals surface area contributed by atoms with E-state index in [9.17, 15) is 10.1 Å². The van der Waals surface area contributed by atoms with Crippen LogP contribution in [0.1, 0.15) is 11.4 Å². The summed E-state index contributed by atoms with van der Waals surface area (Å²) < 4.78 is 1.46. The van der Waals surface area contributed by atoms with Crippen LogP contribution in [0.4, 0.5) is 5.69 Å². The fourth-order valence-corrected chi connectivity index (χ4v) is 2.09. The Morgan fingerprint density at radius 2 is 1.90 bits per heavy atom. The van der Waals surface area contributed by atoms with Gasteiger partial charge in [-0.1, -0.05) is 30.3 Å². The molecular formula is C14H12N4O2. The van der Waals surface area contributed by atoms with Gasteiger partial charge in [0.05, 0.1) is 4.92 Å². The van der Waals surface area contributed by atoms with Crippen LogP contribution < -0.4 is 0 Å². The molecule has 0 unspecified atom stereocenters. The molecule has 0 amide bonds. The topological polar surface area (TPSA) is 73.3 Å². The SMILES string of the molecule is O=[N+]([O-])c1cccn2nc(CCc3ccccc3)nc12. The Kier molecular flexibility index (Phi) is 3.12. The van der Waals surface area contributed by atoms with Gasteiger partial charge >= 0.3 is 5.69 Å². The number of hydrogen-bond donors (Lipinski definition) is 0. The van der Waals surface area contributed by atoms with Crippen LogP contribution in [0.25, 0.3) is 5.65 Å². The van der Waals surface area contributed by atoms with E-state index in [0.717, 1.165) is 6.42 Å². The van der Waals surface area contributed by atoms with Crippen molar-refractivity contribution in [1.82, 2.24) is 14.6 Å². The zero-order chi connectivity index (χ0) is 13.9. The Hall–Kier alpha value is -2.76. The number of fused-ring (bicyclic) bond motifs is 1. The minimum Gasteiger partial charge on any atom is -0.258 e. The van der Waals surface area contributed by atoms with Gasteiger partial charge in [0.2, 0.25) is 5.65 Å². The van der Waals surface area contributed by atoms with Crippen LogP contribution >= 0.6 is 0 Å². The zero-order valence-electron chi connectivity index (χ0n) is 10.6. The number of aryl methyl sites for hydroxylation is 2. The maximum Gasteiger partial charge on any atom is 0.313 e. The second kappa shape index (κ2) is 5.08. The molecule has 6 heteroatoms. The number of hydrogen-bond acceptors (Lipinski definition) is 4. The third-order valence-corrected chi connectivity index (χ3v) is 3.06. The first-order valence-corrected chi connectivity index (χ1v) is 6.26. The highest BCUT2D eigenvalue weighted by molar-refractivity contribution is 5.58. The Bertz CT molecular complexity index is 752. The predicted molar refractivity (Wildman–Crippen MR) is 73.5 cm³/mol. The van der Waals surface area contributed by atoms with Crippen molar-refractivity contribution in [3.8, 4) is 0 Å². The third-order valence-electron chi connectivity index (χ3n) is 3.06. The minimum absolute atomic E-state index is 0.0223. The molecule has 20 heavy (non-hydrogen) atoms. The lowest BCUT2D eigenvalue weighted by atomic mass is 10.1. The van der Waals surface area contributed by atoms with Crippen molar-refractivity contribution in [3.63, 3.8) is 0 Å². The van der Waals surface area contributed by atoms with Gasteiger partial charge in [-0.05, 0) is 18.1 Å². The lowest BCUT2D eigenvalue weighted by Gasteiger charge is -1.96. The Labute approximate surface area is 114 Å². The molecule has 0 bridgehead atoms. The molecule has 2 heterocycles. The molecule has 0 saturated heterocycles. The number of benzene rings is 1. The summed E-state index contributed by atoms with van der Waals surface area (Å²) >= 11 is 0. The Morgan fingerprint density at radius 1 is 1.10 bits per heavy atom. The van der Waals surface area contributed by atoms with Crippen molar-refractivity contribution < 1.29 is 4.92 Å². The number of rotatable bonds is 4. The van der Waals surface area contributed by atoms with Crippen LogP contribution in [0.15, 0.2) is 48.7 Å². The highest BCUT2D eigenvalue weighted by Gasteiger charge is 2.15. The number of aromatic nitrogens is 3. The lowest BCUT2D eigenvalue weighted by molar-refractivity contribution is -0.383. The highest BCUT2D eigenvalue weighted by atomic mass is 16.6. The minimum atomic E-state index is -0.439. The van der Waals surface area contributed by atoms with Gasteiger partial charge in [0.1, 0.15) is 0 Å². The molecule has 1 aromatic carbocycles. The quantitative estimate of drug-likeness (QED) is 0.538. The molecule has 0 aliphatic carbocycles. The molecule has 0 fully saturated rings. The van der Waals surface area contributed by atoms with Crippen molar-refractivity contribution in [2.75, 3.05) is 0 Å². The smallest absolute Gasteiger partial charge is 0.258 e. The normalized spacial score (nSPS) is 10.8. The number of pyridine rings is 1. The van der Waals surface area contributed by atoms with E-state index in [1.54, 1.807) is 12.3 Å². The molecule has 3 rings (SSSR count). The monoisotopic (exact) mass is 268 g/mol. The summed E-state index contributed by atoms with van der Waals surface area (Å²) in [5.74, 6) is 0.614. The fraction of sp³-hybridized carbons (Fsp3) is 0.143. The van der Waals surface area contributed by atoms with E-state index in [-0.39, 0.29) is 5.69 Å². The first-order valence-electron chi connectivity index (χ1n) is 6.26. The standard InChI is InChI=1S/C14H12N4O2/c19-18(20)12-7-4-10-17-14(12)15-13(16-17)9-8-11-5-2-1-3-6-11/h1-7,10H,8-9H2. The summed E-state index contributed by atoms with van der Waals surface area (Å²) in [7, 11) is 0. The van der Waals surface area contributed by atoms with E-state index in [1.165, 1.54) is 16.1 Å². The van der Waals surface area contributed by atoms with Gasteiger partial charge < -0.3 is 0 Å². The van der Waals surface area contributed by atoms with Crippen molar-refractivity contribution in [3.05, 3.63) is 70.2 Å². The maximum atomic E-state index is 10.9. The average molecular weight is 268 g/mol. The molecule has 0 N–H and O–H groups in total. The molecule has 100 valence electrons. The van der Waals surface area contributed by atoms with Gasteiger partial charge in [0, 0.05) is 18.7 Å². The number of nitrogens with zero attached hydrogens (tertiary/aromatic N) is 4. The van der Waals surface area contributed by atoms with Gasteiger partial charge in [0.15, 0.2) is 5.82 Å². The van der Waals surface area contributed by atoms with Crippen LogP contribution in [0.5, 0.6) is 0 Å². The van der Waals surface area contributed by atoms with E-state index in [2.05, 4.69) is 10.1 Å². The zero-order valence-corrected chi connectivity index (χ0v) is 10.6. The summed E-state index contributed by atoms with van der Waals surface area (Å²) in [5, 5.41) is 15.2. The highest BCUT2D eigenvalue weighted by Crippen LogP contribution is 2.17. The van der Waals surface area contributed by atoms with Gasteiger partial charge in [-0.2, -0.15) is 5.10 Å². The van der Waals surface area contributed by atoms with Crippen LogP contribution in [0.3, 0.4) is 0 Å². The summed E-state index contributed by atoms with van der Waals surface area (Å²) in [5.41, 5.74) is 1.47. The molecular weight excluding hydrogens is 256 g/mol. The van der Waals surface area contributed by atoms with E-state index >= 15 is 0 Å². The van der Waals surface area contributed by atoms with Gasteiger partial charge in [-0.3, -0.25) is 10.1 Å². The summed E-state index contributed by atoms with van der Waals surface area (Å²) in [6, 6.07) is 13.0. The molecule has 3 aromatic rings. The van der Waals surface area contributed by atoms with Gasteiger partial charge in [0.25, 0.3) is 0 Å². The summed E-state index contributed by atoms with van der Waals surface area (Å²) in [6.07, 6.45) is 3.13. The van der Waals surface area contributed by atoms with Crippen molar-refractivity contribution in [2.45, 2.75) is 12.8 Å². The van der Waals surface area contributed by atoms with E-state index in [1.807, 2.05) is 30.3 Å². The molecule has 0 atom stereocenters. The second-order valence-corrected chi connectivity index (χ2v) is 4.43. The van der Waals surface area contributed by atoms with Crippen molar-refractivity contribution in [2.24, 2.45) is 0 Å².